The summed E-state index contributed by atoms with van der Waals surface area (Å²) < 4.78 is 6.63. The van der Waals surface area contributed by atoms with Gasteiger partial charge in [0.2, 0.25) is 5.89 Å². The van der Waals surface area contributed by atoms with Crippen LogP contribution < -0.4 is 0 Å². The topological polar surface area (TPSA) is 51.8 Å². The Morgan fingerprint density at radius 1 is 1.14 bits per heavy atom. The molecular weight excluding hydrogens is 330 g/mol. The van der Waals surface area contributed by atoms with Crippen molar-refractivity contribution in [1.29, 1.82) is 0 Å². The molecule has 0 aromatic carbocycles. The highest BCUT2D eigenvalue weighted by Gasteiger charge is 2.51. The molecule has 2 saturated carbocycles. The van der Waals surface area contributed by atoms with Gasteiger partial charge in [0.1, 0.15) is 0 Å². The number of halogens is 1. The Hall–Kier alpha value is -1.23. The van der Waals surface area contributed by atoms with E-state index in [1.165, 1.54) is 37.7 Å². The van der Waals surface area contributed by atoms with Crippen LogP contribution in [0.15, 0.2) is 27.5 Å². The first-order chi connectivity index (χ1) is 10.3. The quantitative estimate of drug-likeness (QED) is 0.827. The summed E-state index contributed by atoms with van der Waals surface area (Å²) in [6, 6.07) is 2.12. The van der Waals surface area contributed by atoms with Crippen LogP contribution in [0.2, 0.25) is 0 Å². The van der Waals surface area contributed by atoms with Crippen molar-refractivity contribution in [3.63, 3.8) is 0 Å². The second-order valence-electron chi connectivity index (χ2n) is 6.27. The van der Waals surface area contributed by atoms with Gasteiger partial charge in [-0.2, -0.15) is 4.98 Å². The maximum Gasteiger partial charge on any atom is 0.237 e. The number of hydrogen-bond donors (Lipinski definition) is 0. The van der Waals surface area contributed by atoms with Gasteiger partial charge in [0, 0.05) is 22.8 Å². The number of hydrogen-bond acceptors (Lipinski definition) is 4. The average Bonchev–Trinajstić information content (AvgIpc) is 3.19. The fraction of sp³-hybridized carbons (Fsp3) is 0.562. The molecule has 0 spiro atoms. The lowest BCUT2D eigenvalue weighted by molar-refractivity contribution is 0.344. The van der Waals surface area contributed by atoms with E-state index in [1.807, 2.05) is 6.20 Å². The first-order valence-electron chi connectivity index (χ1n) is 7.73. The van der Waals surface area contributed by atoms with E-state index in [0.29, 0.717) is 5.92 Å². The third kappa shape index (κ3) is 2.41. The van der Waals surface area contributed by atoms with Crippen LogP contribution in [0, 0.1) is 0 Å². The Morgan fingerprint density at radius 2 is 1.95 bits per heavy atom. The average molecular weight is 348 g/mol. The third-order valence-electron chi connectivity index (χ3n) is 4.83. The largest absolute Gasteiger partial charge is 0.338 e. The monoisotopic (exact) mass is 347 g/mol. The van der Waals surface area contributed by atoms with E-state index in [2.05, 4.69) is 32.1 Å². The Kier molecular flexibility index (Phi) is 3.32. The van der Waals surface area contributed by atoms with Crippen LogP contribution in [0.3, 0.4) is 0 Å². The first kappa shape index (κ1) is 13.4. The van der Waals surface area contributed by atoms with E-state index in [4.69, 9.17) is 9.51 Å². The molecule has 0 N–H and O–H groups in total. The lowest BCUT2D eigenvalue weighted by atomic mass is 9.89. The molecule has 2 heterocycles. The number of rotatable bonds is 3. The Bertz CT molecular complexity index is 644. The van der Waals surface area contributed by atoms with Crippen LogP contribution >= 0.6 is 15.9 Å². The highest BCUT2D eigenvalue weighted by atomic mass is 79.9. The van der Waals surface area contributed by atoms with Crippen LogP contribution in [0.25, 0.3) is 0 Å². The van der Waals surface area contributed by atoms with Gasteiger partial charge in [0.05, 0.1) is 5.41 Å². The van der Waals surface area contributed by atoms with Gasteiger partial charge < -0.3 is 4.52 Å². The standard InChI is InChI=1S/C16H18BrN3O/c17-13-8-12(9-18-10-13)16(6-7-16)15-19-14(20-21-15)11-4-2-1-3-5-11/h8-11H,1-7H2. The van der Waals surface area contributed by atoms with Crippen molar-refractivity contribution in [2.45, 2.75) is 56.3 Å². The minimum Gasteiger partial charge on any atom is -0.338 e. The molecular formula is C16H18BrN3O. The van der Waals surface area contributed by atoms with Gasteiger partial charge in [-0.1, -0.05) is 24.4 Å². The minimum absolute atomic E-state index is 0.0866. The van der Waals surface area contributed by atoms with E-state index in [9.17, 15) is 0 Å². The fourth-order valence-corrected chi connectivity index (χ4v) is 3.75. The van der Waals surface area contributed by atoms with Gasteiger partial charge in [-0.15, -0.1) is 0 Å². The molecule has 2 aromatic rings. The van der Waals surface area contributed by atoms with Gasteiger partial charge in [-0.25, -0.2) is 0 Å². The summed E-state index contributed by atoms with van der Waals surface area (Å²) in [6.07, 6.45) is 12.2. The zero-order chi connectivity index (χ0) is 14.3. The Balaban J connectivity index is 1.63. The molecule has 0 atom stereocenters. The van der Waals surface area contributed by atoms with Crippen molar-refractivity contribution in [3.05, 3.63) is 40.2 Å². The van der Waals surface area contributed by atoms with Gasteiger partial charge in [-0.3, -0.25) is 4.98 Å². The molecule has 2 aliphatic carbocycles. The molecule has 0 radical (unpaired) electrons. The summed E-state index contributed by atoms with van der Waals surface area (Å²) in [5.74, 6) is 2.19. The molecule has 4 nitrogen and oxygen atoms in total. The number of pyridine rings is 1. The smallest absolute Gasteiger partial charge is 0.237 e. The molecule has 2 aliphatic rings. The summed E-state index contributed by atoms with van der Waals surface area (Å²) in [5, 5.41) is 4.28. The molecule has 2 aromatic heterocycles. The van der Waals surface area contributed by atoms with Crippen molar-refractivity contribution in [2.75, 3.05) is 0 Å². The summed E-state index contributed by atoms with van der Waals surface area (Å²) >= 11 is 3.49. The SMILES string of the molecule is Brc1cncc(C2(c3nc(C4CCCCC4)no3)CC2)c1. The number of aromatic nitrogens is 3. The van der Waals surface area contributed by atoms with Crippen LogP contribution in [0.4, 0.5) is 0 Å². The molecule has 0 saturated heterocycles. The van der Waals surface area contributed by atoms with E-state index in [-0.39, 0.29) is 5.41 Å². The Labute approximate surface area is 132 Å². The van der Waals surface area contributed by atoms with Crippen LogP contribution in [0.5, 0.6) is 0 Å². The minimum atomic E-state index is -0.0866. The molecule has 4 rings (SSSR count). The molecule has 21 heavy (non-hydrogen) atoms. The van der Waals surface area contributed by atoms with Crippen molar-refractivity contribution >= 4 is 15.9 Å². The molecule has 0 aliphatic heterocycles. The van der Waals surface area contributed by atoms with Gasteiger partial charge in [0.25, 0.3) is 0 Å². The lowest BCUT2D eigenvalue weighted by Crippen LogP contribution is -2.11. The summed E-state index contributed by atoms with van der Waals surface area (Å²) in [5.41, 5.74) is 1.09. The Morgan fingerprint density at radius 3 is 2.67 bits per heavy atom. The van der Waals surface area contributed by atoms with Crippen molar-refractivity contribution in [2.24, 2.45) is 0 Å². The lowest BCUT2D eigenvalue weighted by Gasteiger charge is -2.17. The van der Waals surface area contributed by atoms with E-state index < -0.39 is 0 Å². The second-order valence-corrected chi connectivity index (χ2v) is 7.18. The van der Waals surface area contributed by atoms with Gasteiger partial charge in [-0.05, 0) is 53.2 Å². The number of nitrogens with zero attached hydrogens (tertiary/aromatic N) is 3. The van der Waals surface area contributed by atoms with Crippen LogP contribution in [-0.2, 0) is 5.41 Å². The van der Waals surface area contributed by atoms with E-state index in [0.717, 1.165) is 29.0 Å². The van der Waals surface area contributed by atoms with Crippen molar-refractivity contribution in [3.8, 4) is 0 Å². The van der Waals surface area contributed by atoms with E-state index >= 15 is 0 Å². The van der Waals surface area contributed by atoms with E-state index in [1.54, 1.807) is 6.20 Å². The maximum atomic E-state index is 5.64. The first-order valence-corrected chi connectivity index (χ1v) is 8.52. The van der Waals surface area contributed by atoms with Gasteiger partial charge >= 0.3 is 0 Å². The van der Waals surface area contributed by atoms with Crippen LogP contribution in [-0.4, -0.2) is 15.1 Å². The molecule has 0 unspecified atom stereocenters. The highest BCUT2D eigenvalue weighted by Crippen LogP contribution is 2.53. The summed E-state index contributed by atoms with van der Waals surface area (Å²) in [7, 11) is 0. The van der Waals surface area contributed by atoms with Gasteiger partial charge in [0.15, 0.2) is 5.82 Å². The maximum absolute atomic E-state index is 5.64. The fourth-order valence-electron chi connectivity index (χ4n) is 3.38. The normalized spacial score (nSPS) is 21.4. The summed E-state index contributed by atoms with van der Waals surface area (Å²) in [4.78, 5) is 9.03. The molecule has 0 amide bonds. The van der Waals surface area contributed by atoms with Crippen LogP contribution in [0.1, 0.15) is 68.1 Å². The zero-order valence-electron chi connectivity index (χ0n) is 11.9. The molecule has 0 bridgehead atoms. The van der Waals surface area contributed by atoms with Crippen molar-refractivity contribution in [1.82, 2.24) is 15.1 Å². The predicted molar refractivity (Wildman–Crippen MR) is 82.1 cm³/mol. The second kappa shape index (κ2) is 5.20. The summed E-state index contributed by atoms with van der Waals surface area (Å²) in [6.45, 7) is 0. The predicted octanol–water partition coefficient (Wildman–Crippen LogP) is 4.35. The molecule has 2 fully saturated rings. The third-order valence-corrected chi connectivity index (χ3v) is 5.26. The van der Waals surface area contributed by atoms with Crippen molar-refractivity contribution < 1.29 is 4.52 Å². The molecule has 110 valence electrons. The zero-order valence-corrected chi connectivity index (χ0v) is 13.5. The highest BCUT2D eigenvalue weighted by molar-refractivity contribution is 9.10. The molecule has 5 heteroatoms.